The van der Waals surface area contributed by atoms with E-state index in [-0.39, 0.29) is 0 Å². The molecule has 0 atom stereocenters. The van der Waals surface area contributed by atoms with Gasteiger partial charge < -0.3 is 4.90 Å². The van der Waals surface area contributed by atoms with Crippen molar-refractivity contribution in [2.45, 2.75) is 0 Å². The minimum absolute atomic E-state index is 1.09. The Morgan fingerprint density at radius 3 is 0.984 bits per heavy atom. The van der Waals surface area contributed by atoms with Crippen molar-refractivity contribution in [1.29, 1.82) is 0 Å². The van der Waals surface area contributed by atoms with Gasteiger partial charge in [0.05, 0.1) is 5.69 Å². The van der Waals surface area contributed by atoms with Crippen LogP contribution in [0.3, 0.4) is 0 Å². The third-order valence-corrected chi connectivity index (χ3v) is 12.1. The van der Waals surface area contributed by atoms with Crippen LogP contribution in [-0.4, -0.2) is 0 Å². The van der Waals surface area contributed by atoms with Gasteiger partial charge in [0.1, 0.15) is 0 Å². The van der Waals surface area contributed by atoms with Crippen molar-refractivity contribution in [3.63, 3.8) is 0 Å². The summed E-state index contributed by atoms with van der Waals surface area (Å²) in [4.78, 5) is 2.41. The minimum atomic E-state index is 1.09. The van der Waals surface area contributed by atoms with E-state index in [1.165, 1.54) is 82.4 Å². The smallest absolute Gasteiger partial charge is 0.0540 e. The van der Waals surface area contributed by atoms with Crippen LogP contribution in [0.5, 0.6) is 0 Å². The fraction of sp³-hybridized carbons (Fsp3) is 0. The first-order chi connectivity index (χ1) is 30.2. The molecule has 0 aliphatic rings. The number of hydrogen-bond donors (Lipinski definition) is 0. The van der Waals surface area contributed by atoms with Gasteiger partial charge in [-0.25, -0.2) is 0 Å². The highest BCUT2D eigenvalue weighted by Gasteiger charge is 2.19. The summed E-state index contributed by atoms with van der Waals surface area (Å²) in [5, 5.41) is 7.71. The summed E-state index contributed by atoms with van der Waals surface area (Å²) in [5.41, 5.74) is 15.2. The second kappa shape index (κ2) is 15.6. The van der Waals surface area contributed by atoms with Crippen LogP contribution in [0, 0.1) is 0 Å². The molecule has 0 fully saturated rings. The maximum Gasteiger partial charge on any atom is 0.0540 e. The molecule has 11 rings (SSSR count). The Morgan fingerprint density at radius 1 is 0.197 bits per heavy atom. The van der Waals surface area contributed by atoms with Gasteiger partial charge in [-0.15, -0.1) is 0 Å². The number of anilines is 3. The number of rotatable bonds is 8. The lowest BCUT2D eigenvalue weighted by molar-refractivity contribution is 1.28. The Hall–Kier alpha value is -8.00. The molecular weight excluding hydrogens is 735 g/mol. The first-order valence-electron chi connectivity index (χ1n) is 21.0. The van der Waals surface area contributed by atoms with Crippen LogP contribution in [0.15, 0.2) is 249 Å². The van der Waals surface area contributed by atoms with Gasteiger partial charge in [-0.3, -0.25) is 0 Å². The van der Waals surface area contributed by atoms with Gasteiger partial charge >= 0.3 is 0 Å². The summed E-state index contributed by atoms with van der Waals surface area (Å²) in [6.07, 6.45) is 0. The highest BCUT2D eigenvalue weighted by molar-refractivity contribution is 6.25. The maximum atomic E-state index is 2.41. The second-order valence-electron chi connectivity index (χ2n) is 15.7. The number of hydrogen-bond acceptors (Lipinski definition) is 1. The lowest BCUT2D eigenvalue weighted by Gasteiger charge is -2.29. The lowest BCUT2D eigenvalue weighted by atomic mass is 9.92. The van der Waals surface area contributed by atoms with Crippen molar-refractivity contribution in [3.05, 3.63) is 249 Å². The van der Waals surface area contributed by atoms with Crippen LogP contribution in [0.2, 0.25) is 0 Å². The third kappa shape index (κ3) is 6.83. The first-order valence-corrected chi connectivity index (χ1v) is 21.0. The molecule has 0 aliphatic heterocycles. The van der Waals surface area contributed by atoms with Gasteiger partial charge in [0, 0.05) is 16.9 Å². The Bertz CT molecular complexity index is 3260. The topological polar surface area (TPSA) is 3.24 Å². The molecule has 11 aromatic carbocycles. The standard InChI is InChI=1S/C60H41N/c1-4-14-42(15-5-1)44-24-26-46(27-25-44)50-33-39-60(58(40-50)48-18-8-3-9-19-48)61(51-34-28-45(29-35-51)43-16-6-2-7-17-43)52-36-30-47(31-37-52)49-32-38-57-55-22-11-10-20-53(55)54-21-12-13-23-56(54)59(57)41-49/h1-41H. The molecule has 0 saturated heterocycles. The SMILES string of the molecule is c1ccc(-c2ccc(-c3ccc(N(c4ccc(-c5ccccc5)cc4)c4ccc(-c5ccc6c7ccccc7c7ccccc7c6c5)cc4)c(-c4ccccc4)c3)cc2)cc1. The molecule has 286 valence electrons. The Balaban J connectivity index is 1.03. The molecular formula is C60H41N. The summed E-state index contributed by atoms with van der Waals surface area (Å²) >= 11 is 0. The van der Waals surface area contributed by atoms with Crippen LogP contribution in [-0.2, 0) is 0 Å². The van der Waals surface area contributed by atoms with E-state index in [1.807, 2.05) is 0 Å². The number of benzene rings is 11. The molecule has 11 aromatic rings. The van der Waals surface area contributed by atoms with Gasteiger partial charge in [0.25, 0.3) is 0 Å². The predicted molar refractivity (Wildman–Crippen MR) is 261 cm³/mol. The molecule has 0 aromatic heterocycles. The molecule has 1 heteroatoms. The molecule has 0 N–H and O–H groups in total. The van der Waals surface area contributed by atoms with Gasteiger partial charge in [0.2, 0.25) is 0 Å². The fourth-order valence-corrected chi connectivity index (χ4v) is 9.00. The summed E-state index contributed by atoms with van der Waals surface area (Å²) < 4.78 is 0. The molecule has 0 saturated carbocycles. The van der Waals surface area contributed by atoms with E-state index < -0.39 is 0 Å². The normalized spacial score (nSPS) is 11.3. The monoisotopic (exact) mass is 775 g/mol. The van der Waals surface area contributed by atoms with Crippen LogP contribution in [0.4, 0.5) is 17.1 Å². The maximum absolute atomic E-state index is 2.41. The summed E-state index contributed by atoms with van der Waals surface area (Å²) in [7, 11) is 0. The van der Waals surface area contributed by atoms with E-state index in [0.29, 0.717) is 0 Å². The quantitative estimate of drug-likeness (QED) is 0.139. The Morgan fingerprint density at radius 2 is 0.508 bits per heavy atom. The number of fused-ring (bicyclic) bond motifs is 6. The van der Waals surface area contributed by atoms with Crippen LogP contribution >= 0.6 is 0 Å². The predicted octanol–water partition coefficient (Wildman–Crippen LogP) is 17.0. The molecule has 0 unspecified atom stereocenters. The van der Waals surface area contributed by atoms with Crippen molar-refractivity contribution in [1.82, 2.24) is 0 Å². The van der Waals surface area contributed by atoms with E-state index in [9.17, 15) is 0 Å². The van der Waals surface area contributed by atoms with Crippen molar-refractivity contribution >= 4 is 49.4 Å². The van der Waals surface area contributed by atoms with E-state index in [0.717, 1.165) is 22.6 Å². The van der Waals surface area contributed by atoms with Crippen molar-refractivity contribution in [2.75, 3.05) is 4.90 Å². The molecule has 0 radical (unpaired) electrons. The van der Waals surface area contributed by atoms with Crippen molar-refractivity contribution in [3.8, 4) is 55.6 Å². The van der Waals surface area contributed by atoms with Gasteiger partial charge in [0.15, 0.2) is 0 Å². The zero-order valence-corrected chi connectivity index (χ0v) is 33.6. The van der Waals surface area contributed by atoms with Crippen molar-refractivity contribution in [2.24, 2.45) is 0 Å². The Labute approximate surface area is 357 Å². The first kappa shape index (κ1) is 36.1. The zero-order chi connectivity index (χ0) is 40.5. The minimum Gasteiger partial charge on any atom is -0.310 e. The molecule has 0 spiro atoms. The molecule has 0 amide bonds. The molecule has 0 aliphatic carbocycles. The molecule has 0 bridgehead atoms. The van der Waals surface area contributed by atoms with E-state index >= 15 is 0 Å². The highest BCUT2D eigenvalue weighted by Crippen LogP contribution is 2.44. The molecule has 1 nitrogen and oxygen atoms in total. The summed E-state index contributed by atoms with van der Waals surface area (Å²) in [5.74, 6) is 0. The second-order valence-corrected chi connectivity index (χ2v) is 15.7. The fourth-order valence-electron chi connectivity index (χ4n) is 9.00. The average molecular weight is 776 g/mol. The molecule has 61 heavy (non-hydrogen) atoms. The average Bonchev–Trinajstić information content (AvgIpc) is 3.35. The lowest BCUT2D eigenvalue weighted by Crippen LogP contribution is -2.11. The zero-order valence-electron chi connectivity index (χ0n) is 33.6. The van der Waals surface area contributed by atoms with E-state index in [2.05, 4.69) is 254 Å². The summed E-state index contributed by atoms with van der Waals surface area (Å²) in [6, 6.07) is 90.4. The van der Waals surface area contributed by atoms with Crippen LogP contribution < -0.4 is 4.90 Å². The van der Waals surface area contributed by atoms with Crippen LogP contribution in [0.1, 0.15) is 0 Å². The van der Waals surface area contributed by atoms with Gasteiger partial charge in [-0.2, -0.15) is 0 Å². The van der Waals surface area contributed by atoms with E-state index in [1.54, 1.807) is 0 Å². The molecule has 0 heterocycles. The third-order valence-electron chi connectivity index (χ3n) is 12.1. The van der Waals surface area contributed by atoms with Crippen molar-refractivity contribution < 1.29 is 0 Å². The van der Waals surface area contributed by atoms with E-state index in [4.69, 9.17) is 0 Å². The number of nitrogens with zero attached hydrogens (tertiary/aromatic N) is 1. The highest BCUT2D eigenvalue weighted by atomic mass is 15.1. The Kier molecular flexibility index (Phi) is 9.26. The van der Waals surface area contributed by atoms with Gasteiger partial charge in [-0.1, -0.05) is 206 Å². The van der Waals surface area contributed by atoms with Crippen LogP contribution in [0.25, 0.3) is 88.0 Å². The largest absolute Gasteiger partial charge is 0.310 e. The summed E-state index contributed by atoms with van der Waals surface area (Å²) in [6.45, 7) is 0. The van der Waals surface area contributed by atoms with Gasteiger partial charge in [-0.05, 0) is 125 Å².